The van der Waals surface area contributed by atoms with Gasteiger partial charge in [0.15, 0.2) is 0 Å². The normalized spacial score (nSPS) is 25.8. The van der Waals surface area contributed by atoms with Crippen molar-refractivity contribution in [1.82, 2.24) is 15.5 Å². The standard InChI is InChI=1S/C30H41ClN4O7/c1-7-41-29-20(14-21(36)42-29)33-27(39)23-16-11-12-17(13-16)35(23)28(40)24(30(4,5)6)34-26(38)18-9-8-10-19(22(18)31)32-25(37)15(2)3/h8-10,15-17,20,23-24,29H,7,11-14H2,1-6H3,(H,32,37)(H,33,39)(H,34,38)/t16-,17?,20?,23?,24+,29+/m0/s1. The predicted octanol–water partition coefficient (Wildman–Crippen LogP) is 3.25. The summed E-state index contributed by atoms with van der Waals surface area (Å²) >= 11 is 6.53. The van der Waals surface area contributed by atoms with Crippen molar-refractivity contribution in [2.45, 2.75) is 97.7 Å². The maximum Gasteiger partial charge on any atom is 0.310 e. The second-order valence-electron chi connectivity index (χ2n) is 12.6. The molecule has 42 heavy (non-hydrogen) atoms. The Labute approximate surface area is 251 Å². The third-order valence-electron chi connectivity index (χ3n) is 8.14. The molecule has 3 unspecified atom stereocenters. The molecule has 3 aliphatic rings. The summed E-state index contributed by atoms with van der Waals surface area (Å²) in [6.45, 7) is 11.1. The topological polar surface area (TPSA) is 143 Å². The van der Waals surface area contributed by atoms with E-state index < -0.39 is 41.7 Å². The summed E-state index contributed by atoms with van der Waals surface area (Å²) in [6, 6.07) is 2.24. The molecule has 3 fully saturated rings. The highest BCUT2D eigenvalue weighted by molar-refractivity contribution is 6.37. The van der Waals surface area contributed by atoms with Crippen molar-refractivity contribution >= 4 is 46.9 Å². The SMILES string of the molecule is CCO[C@@H]1OC(=O)CC1NC(=O)C1[C@H]2CCC(C2)N1C(=O)[C@@H](NC(=O)c1cccc(NC(=O)C(C)C)c1Cl)C(C)(C)C. The number of benzene rings is 1. The molecule has 1 aromatic rings. The fourth-order valence-corrected chi connectivity index (χ4v) is 6.23. The first-order chi connectivity index (χ1) is 19.7. The zero-order valence-corrected chi connectivity index (χ0v) is 25.7. The Morgan fingerprint density at radius 2 is 1.88 bits per heavy atom. The van der Waals surface area contributed by atoms with Gasteiger partial charge in [0.2, 0.25) is 24.0 Å². The molecule has 0 aromatic heterocycles. The van der Waals surface area contributed by atoms with Crippen LogP contribution in [-0.4, -0.2) is 71.6 Å². The van der Waals surface area contributed by atoms with Crippen molar-refractivity contribution in [3.8, 4) is 0 Å². The number of hydrogen-bond donors (Lipinski definition) is 3. The summed E-state index contributed by atoms with van der Waals surface area (Å²) in [5, 5.41) is 8.56. The molecule has 2 aliphatic heterocycles. The number of carbonyl (C=O) groups is 5. The Hall–Kier alpha value is -3.18. The summed E-state index contributed by atoms with van der Waals surface area (Å²) in [4.78, 5) is 67.1. The number of halogens is 1. The molecule has 4 amide bonds. The lowest BCUT2D eigenvalue weighted by Crippen LogP contribution is -2.62. The first-order valence-corrected chi connectivity index (χ1v) is 14.9. The van der Waals surface area contributed by atoms with Crippen LogP contribution in [0.4, 0.5) is 5.69 Å². The number of rotatable bonds is 9. The van der Waals surface area contributed by atoms with Crippen molar-refractivity contribution in [1.29, 1.82) is 0 Å². The van der Waals surface area contributed by atoms with Gasteiger partial charge in [0.1, 0.15) is 18.1 Å². The van der Waals surface area contributed by atoms with Crippen LogP contribution in [0.5, 0.6) is 0 Å². The quantitative estimate of drug-likeness (QED) is 0.367. The van der Waals surface area contributed by atoms with Gasteiger partial charge in [-0.15, -0.1) is 0 Å². The monoisotopic (exact) mass is 604 g/mol. The van der Waals surface area contributed by atoms with E-state index in [0.29, 0.717) is 18.7 Å². The number of nitrogens with one attached hydrogen (secondary N) is 3. The van der Waals surface area contributed by atoms with Crippen molar-refractivity contribution in [3.05, 3.63) is 28.8 Å². The molecule has 1 aliphatic carbocycles. The summed E-state index contributed by atoms with van der Waals surface area (Å²) in [7, 11) is 0. The van der Waals surface area contributed by atoms with Crippen molar-refractivity contribution < 1.29 is 33.4 Å². The molecule has 1 saturated carbocycles. The molecule has 2 heterocycles. The molecule has 3 N–H and O–H groups in total. The first-order valence-electron chi connectivity index (χ1n) is 14.6. The van der Waals surface area contributed by atoms with Crippen LogP contribution in [0.2, 0.25) is 5.02 Å². The van der Waals surface area contributed by atoms with Crippen LogP contribution in [0.15, 0.2) is 18.2 Å². The van der Waals surface area contributed by atoms with E-state index >= 15 is 0 Å². The molecule has 1 aromatic carbocycles. The second-order valence-corrected chi connectivity index (χ2v) is 13.0. The van der Waals surface area contributed by atoms with Gasteiger partial charge in [0.25, 0.3) is 5.91 Å². The number of cyclic esters (lactones) is 1. The van der Waals surface area contributed by atoms with E-state index in [0.717, 1.165) is 12.8 Å². The highest BCUT2D eigenvalue weighted by Crippen LogP contribution is 2.44. The summed E-state index contributed by atoms with van der Waals surface area (Å²) < 4.78 is 10.7. The number of nitrogens with zero attached hydrogens (tertiary/aromatic N) is 1. The Morgan fingerprint density at radius 1 is 1.17 bits per heavy atom. The zero-order chi connectivity index (χ0) is 30.9. The molecule has 0 spiro atoms. The molecule has 4 rings (SSSR count). The maximum atomic E-state index is 14.2. The van der Waals surface area contributed by atoms with E-state index in [4.69, 9.17) is 21.1 Å². The number of hydrogen-bond acceptors (Lipinski definition) is 7. The average Bonchev–Trinajstić information content (AvgIpc) is 3.62. The van der Waals surface area contributed by atoms with E-state index in [9.17, 15) is 24.0 Å². The van der Waals surface area contributed by atoms with Gasteiger partial charge in [-0.3, -0.25) is 24.0 Å². The number of esters is 1. The van der Waals surface area contributed by atoms with E-state index in [1.54, 1.807) is 37.8 Å². The minimum Gasteiger partial charge on any atom is -0.433 e. The largest absolute Gasteiger partial charge is 0.433 e. The second kappa shape index (κ2) is 12.6. The molecule has 2 bridgehead atoms. The van der Waals surface area contributed by atoms with Crippen LogP contribution >= 0.6 is 11.6 Å². The summed E-state index contributed by atoms with van der Waals surface area (Å²) in [5.74, 6) is -2.31. The molecule has 2 saturated heterocycles. The van der Waals surface area contributed by atoms with Crippen LogP contribution in [0.25, 0.3) is 0 Å². The minimum absolute atomic E-state index is 0.0106. The van der Waals surface area contributed by atoms with Crippen LogP contribution in [-0.2, 0) is 28.7 Å². The van der Waals surface area contributed by atoms with Crippen molar-refractivity contribution in [3.63, 3.8) is 0 Å². The Balaban J connectivity index is 1.55. The first kappa shape index (κ1) is 31.7. The predicted molar refractivity (Wildman–Crippen MR) is 155 cm³/mol. The van der Waals surface area contributed by atoms with Crippen LogP contribution in [0.1, 0.15) is 77.6 Å². The van der Waals surface area contributed by atoms with Gasteiger partial charge >= 0.3 is 5.97 Å². The highest BCUT2D eigenvalue weighted by Gasteiger charge is 2.54. The Bertz CT molecular complexity index is 1250. The van der Waals surface area contributed by atoms with Gasteiger partial charge in [-0.25, -0.2) is 0 Å². The van der Waals surface area contributed by atoms with E-state index in [-0.39, 0.29) is 52.6 Å². The molecule has 11 nitrogen and oxygen atoms in total. The smallest absolute Gasteiger partial charge is 0.310 e. The third-order valence-corrected chi connectivity index (χ3v) is 8.55. The molecular formula is C30H41ClN4O7. The zero-order valence-electron chi connectivity index (χ0n) is 25.0. The number of anilines is 1. The lowest BCUT2D eigenvalue weighted by Gasteiger charge is -2.40. The lowest BCUT2D eigenvalue weighted by molar-refractivity contribution is -0.165. The number of amides is 4. The lowest BCUT2D eigenvalue weighted by atomic mass is 9.84. The van der Waals surface area contributed by atoms with Crippen LogP contribution in [0, 0.1) is 17.3 Å². The van der Waals surface area contributed by atoms with Gasteiger partial charge in [-0.2, -0.15) is 0 Å². The molecule has 230 valence electrons. The van der Waals surface area contributed by atoms with E-state index in [1.807, 2.05) is 20.8 Å². The number of carbonyl (C=O) groups excluding carboxylic acids is 5. The van der Waals surface area contributed by atoms with Gasteiger partial charge in [-0.05, 0) is 49.7 Å². The van der Waals surface area contributed by atoms with Gasteiger partial charge < -0.3 is 30.3 Å². The van der Waals surface area contributed by atoms with Gasteiger partial charge in [0.05, 0.1) is 22.7 Å². The summed E-state index contributed by atoms with van der Waals surface area (Å²) in [6.07, 6.45) is 1.37. The third kappa shape index (κ3) is 6.57. The fraction of sp³-hybridized carbons (Fsp3) is 0.633. The Kier molecular flexibility index (Phi) is 9.52. The number of fused-ring (bicyclic) bond motifs is 2. The number of ether oxygens (including phenoxy) is 2. The molecule has 12 heteroatoms. The summed E-state index contributed by atoms with van der Waals surface area (Å²) in [5.41, 5.74) is -0.294. The van der Waals surface area contributed by atoms with Crippen molar-refractivity contribution in [2.75, 3.05) is 11.9 Å². The minimum atomic E-state index is -0.975. The van der Waals surface area contributed by atoms with Gasteiger partial charge in [0, 0.05) is 18.6 Å². The van der Waals surface area contributed by atoms with E-state index in [1.165, 1.54) is 6.07 Å². The van der Waals surface area contributed by atoms with Gasteiger partial charge in [-0.1, -0.05) is 52.3 Å². The molecule has 0 radical (unpaired) electrons. The van der Waals surface area contributed by atoms with E-state index in [2.05, 4.69) is 16.0 Å². The maximum absolute atomic E-state index is 14.2. The van der Waals surface area contributed by atoms with Crippen LogP contribution < -0.4 is 16.0 Å². The molecule has 6 atom stereocenters. The van der Waals surface area contributed by atoms with Crippen molar-refractivity contribution in [2.24, 2.45) is 17.3 Å². The van der Waals surface area contributed by atoms with Crippen LogP contribution in [0.3, 0.4) is 0 Å². The number of piperidine rings is 1. The molecular weight excluding hydrogens is 564 g/mol. The highest BCUT2D eigenvalue weighted by atomic mass is 35.5. The number of likely N-dealkylation sites (tertiary alicyclic amines) is 1. The Morgan fingerprint density at radius 3 is 2.52 bits per heavy atom. The fourth-order valence-electron chi connectivity index (χ4n) is 5.97. The average molecular weight is 605 g/mol.